The summed E-state index contributed by atoms with van der Waals surface area (Å²) in [6.07, 6.45) is -0.740. The van der Waals surface area contributed by atoms with Crippen molar-refractivity contribution in [3.63, 3.8) is 0 Å². The number of carbonyl (C=O) groups excluding carboxylic acids is 1. The van der Waals surface area contributed by atoms with E-state index in [2.05, 4.69) is 5.32 Å². The van der Waals surface area contributed by atoms with Crippen molar-refractivity contribution in [1.82, 2.24) is 0 Å². The van der Waals surface area contributed by atoms with E-state index < -0.39 is 17.8 Å². The van der Waals surface area contributed by atoms with Crippen LogP contribution in [0.4, 0.5) is 10.1 Å². The minimum Gasteiger partial charge on any atom is -0.481 e. The van der Waals surface area contributed by atoms with Gasteiger partial charge in [-0.25, -0.2) is 4.39 Å². The maximum atomic E-state index is 13.6. The molecule has 1 amide bonds. The molecule has 3 nitrogen and oxygen atoms in total. The summed E-state index contributed by atoms with van der Waals surface area (Å²) in [4.78, 5) is 12.1. The second-order valence-corrected chi connectivity index (χ2v) is 5.24. The number of para-hydroxylation sites is 1. The molecule has 4 heteroatoms. The first-order chi connectivity index (χ1) is 11.1. The summed E-state index contributed by atoms with van der Waals surface area (Å²) in [7, 11) is 0. The van der Waals surface area contributed by atoms with Crippen molar-refractivity contribution in [2.75, 3.05) is 5.32 Å². The van der Waals surface area contributed by atoms with Crippen molar-refractivity contribution in [2.45, 2.75) is 13.0 Å². The predicted octanol–water partition coefficient (Wildman–Crippen LogP) is 4.38. The summed E-state index contributed by atoms with van der Waals surface area (Å²) in [5, 5.41) is 4.66. The molecule has 0 aromatic heterocycles. The van der Waals surface area contributed by atoms with Gasteiger partial charge in [0.05, 0.1) is 5.69 Å². The van der Waals surface area contributed by atoms with E-state index in [-0.39, 0.29) is 5.69 Å². The van der Waals surface area contributed by atoms with Crippen molar-refractivity contribution in [1.29, 1.82) is 0 Å². The Hall–Kier alpha value is -2.88. The van der Waals surface area contributed by atoms with E-state index in [1.54, 1.807) is 19.1 Å². The van der Waals surface area contributed by atoms with E-state index in [1.807, 2.05) is 42.5 Å². The molecular formula is C19H16FNO2. The van der Waals surface area contributed by atoms with Crippen molar-refractivity contribution >= 4 is 22.4 Å². The van der Waals surface area contributed by atoms with Gasteiger partial charge in [-0.1, -0.05) is 42.5 Å². The van der Waals surface area contributed by atoms with Crippen LogP contribution in [0.15, 0.2) is 66.7 Å². The van der Waals surface area contributed by atoms with Crippen LogP contribution < -0.4 is 10.1 Å². The molecule has 0 aliphatic rings. The Morgan fingerprint density at radius 2 is 1.70 bits per heavy atom. The van der Waals surface area contributed by atoms with Crippen molar-refractivity contribution in [2.24, 2.45) is 0 Å². The highest BCUT2D eigenvalue weighted by molar-refractivity contribution is 5.94. The monoisotopic (exact) mass is 309 g/mol. The number of hydrogen-bond acceptors (Lipinski definition) is 2. The number of amides is 1. The third-order valence-electron chi connectivity index (χ3n) is 3.53. The molecule has 3 aromatic rings. The second-order valence-electron chi connectivity index (χ2n) is 5.24. The minimum absolute atomic E-state index is 0.145. The highest BCUT2D eigenvalue weighted by atomic mass is 19.1. The van der Waals surface area contributed by atoms with E-state index in [4.69, 9.17) is 4.74 Å². The lowest BCUT2D eigenvalue weighted by molar-refractivity contribution is -0.122. The van der Waals surface area contributed by atoms with Gasteiger partial charge < -0.3 is 10.1 Å². The summed E-state index contributed by atoms with van der Waals surface area (Å²) >= 11 is 0. The Bertz CT molecular complexity index is 847. The standard InChI is InChI=1S/C19H16FNO2/c1-13(19(22)21-18-9-5-4-8-17(18)20)23-16-11-10-14-6-2-3-7-15(14)12-16/h2-13H,1H3,(H,21,22)/t13-/m1/s1. The number of nitrogens with one attached hydrogen (secondary N) is 1. The third-order valence-corrected chi connectivity index (χ3v) is 3.53. The summed E-state index contributed by atoms with van der Waals surface area (Å²) in [6.45, 7) is 1.63. The number of benzene rings is 3. The molecule has 116 valence electrons. The fraction of sp³-hybridized carbons (Fsp3) is 0.105. The predicted molar refractivity (Wildman–Crippen MR) is 89.1 cm³/mol. The second kappa shape index (κ2) is 6.48. The van der Waals surface area contributed by atoms with Gasteiger partial charge in [-0.2, -0.15) is 0 Å². The van der Waals surface area contributed by atoms with Crippen LogP contribution in [-0.2, 0) is 4.79 Å². The largest absolute Gasteiger partial charge is 0.481 e. The Labute approximate surface area is 133 Å². The van der Waals surface area contributed by atoms with Gasteiger partial charge in [-0.15, -0.1) is 0 Å². The van der Waals surface area contributed by atoms with E-state index in [9.17, 15) is 9.18 Å². The van der Waals surface area contributed by atoms with E-state index in [0.717, 1.165) is 10.8 Å². The molecule has 1 atom stereocenters. The zero-order valence-electron chi connectivity index (χ0n) is 12.6. The van der Waals surface area contributed by atoms with Gasteiger partial charge in [0.25, 0.3) is 5.91 Å². The number of ether oxygens (including phenoxy) is 1. The third kappa shape index (κ3) is 3.48. The number of carbonyl (C=O) groups is 1. The molecule has 0 unspecified atom stereocenters. The summed E-state index contributed by atoms with van der Waals surface area (Å²) in [5.41, 5.74) is 0.145. The number of hydrogen-bond donors (Lipinski definition) is 1. The van der Waals surface area contributed by atoms with Crippen LogP contribution in [0.2, 0.25) is 0 Å². The molecule has 0 heterocycles. The molecular weight excluding hydrogens is 293 g/mol. The topological polar surface area (TPSA) is 38.3 Å². The number of fused-ring (bicyclic) bond motifs is 1. The highest BCUT2D eigenvalue weighted by Gasteiger charge is 2.16. The number of rotatable bonds is 4. The van der Waals surface area contributed by atoms with Crippen LogP contribution >= 0.6 is 0 Å². The first-order valence-corrected chi connectivity index (χ1v) is 7.34. The quantitative estimate of drug-likeness (QED) is 0.776. The molecule has 0 saturated carbocycles. The van der Waals surface area contributed by atoms with Gasteiger partial charge in [-0.05, 0) is 42.0 Å². The fourth-order valence-electron chi connectivity index (χ4n) is 2.30. The Morgan fingerprint density at radius 3 is 2.48 bits per heavy atom. The first-order valence-electron chi connectivity index (χ1n) is 7.34. The molecule has 0 aliphatic heterocycles. The Kier molecular flexibility index (Phi) is 4.24. The van der Waals surface area contributed by atoms with Crippen LogP contribution in [0.25, 0.3) is 10.8 Å². The maximum Gasteiger partial charge on any atom is 0.265 e. The van der Waals surface area contributed by atoms with Gasteiger partial charge in [0.15, 0.2) is 6.10 Å². The van der Waals surface area contributed by atoms with Gasteiger partial charge >= 0.3 is 0 Å². The molecule has 0 aliphatic carbocycles. The average molecular weight is 309 g/mol. The maximum absolute atomic E-state index is 13.6. The van der Waals surface area contributed by atoms with Gasteiger partial charge in [0, 0.05) is 0 Å². The molecule has 1 N–H and O–H groups in total. The van der Waals surface area contributed by atoms with Crippen LogP contribution in [0.1, 0.15) is 6.92 Å². The van der Waals surface area contributed by atoms with Crippen LogP contribution in [0, 0.1) is 5.82 Å². The highest BCUT2D eigenvalue weighted by Crippen LogP contribution is 2.22. The normalized spacial score (nSPS) is 11.9. The molecule has 3 aromatic carbocycles. The summed E-state index contributed by atoms with van der Waals surface area (Å²) in [6, 6.07) is 19.6. The van der Waals surface area contributed by atoms with Crippen LogP contribution in [0.5, 0.6) is 5.75 Å². The number of anilines is 1. The molecule has 0 radical (unpaired) electrons. The minimum atomic E-state index is -0.740. The van der Waals surface area contributed by atoms with E-state index >= 15 is 0 Å². The van der Waals surface area contributed by atoms with Crippen LogP contribution in [0.3, 0.4) is 0 Å². The molecule has 0 spiro atoms. The fourth-order valence-corrected chi connectivity index (χ4v) is 2.30. The first kappa shape index (κ1) is 15.0. The number of halogens is 1. The van der Waals surface area contributed by atoms with E-state index in [0.29, 0.717) is 5.75 Å². The molecule has 3 rings (SSSR count). The Morgan fingerprint density at radius 1 is 1.00 bits per heavy atom. The molecule has 23 heavy (non-hydrogen) atoms. The Balaban J connectivity index is 1.71. The lowest BCUT2D eigenvalue weighted by atomic mass is 10.1. The van der Waals surface area contributed by atoms with E-state index in [1.165, 1.54) is 12.1 Å². The van der Waals surface area contributed by atoms with Crippen molar-refractivity contribution in [3.8, 4) is 5.75 Å². The zero-order chi connectivity index (χ0) is 16.2. The molecule has 0 bridgehead atoms. The lowest BCUT2D eigenvalue weighted by Crippen LogP contribution is -2.30. The summed E-state index contributed by atoms with van der Waals surface area (Å²) < 4.78 is 19.2. The zero-order valence-corrected chi connectivity index (χ0v) is 12.6. The van der Waals surface area contributed by atoms with Crippen molar-refractivity contribution < 1.29 is 13.9 Å². The van der Waals surface area contributed by atoms with Gasteiger partial charge in [0.2, 0.25) is 0 Å². The van der Waals surface area contributed by atoms with Crippen LogP contribution in [-0.4, -0.2) is 12.0 Å². The molecule has 0 saturated heterocycles. The summed E-state index contributed by atoms with van der Waals surface area (Å²) in [5.74, 6) is -0.276. The van der Waals surface area contributed by atoms with Gasteiger partial charge in [-0.3, -0.25) is 4.79 Å². The lowest BCUT2D eigenvalue weighted by Gasteiger charge is -2.15. The molecule has 0 fully saturated rings. The average Bonchev–Trinajstić information content (AvgIpc) is 2.56. The SMILES string of the molecule is C[C@@H](Oc1ccc2ccccc2c1)C(=O)Nc1ccccc1F. The van der Waals surface area contributed by atoms with Crippen molar-refractivity contribution in [3.05, 3.63) is 72.5 Å². The van der Waals surface area contributed by atoms with Gasteiger partial charge in [0.1, 0.15) is 11.6 Å². The smallest absolute Gasteiger partial charge is 0.265 e.